The summed E-state index contributed by atoms with van der Waals surface area (Å²) in [6.45, 7) is 3.16. The van der Waals surface area contributed by atoms with Gasteiger partial charge in [0.15, 0.2) is 0 Å². The second kappa shape index (κ2) is 6.78. The lowest BCUT2D eigenvalue weighted by Crippen LogP contribution is -2.60. The molecule has 0 spiro atoms. The third-order valence-corrected chi connectivity index (χ3v) is 6.84. The third kappa shape index (κ3) is 2.66. The highest BCUT2D eigenvalue weighted by Crippen LogP contribution is 2.48. The van der Waals surface area contributed by atoms with Crippen LogP contribution in [0, 0.1) is 5.92 Å². The van der Waals surface area contributed by atoms with Crippen LogP contribution in [0.2, 0.25) is 0 Å². The van der Waals surface area contributed by atoms with Crippen LogP contribution in [0.3, 0.4) is 0 Å². The first-order valence-electron chi connectivity index (χ1n) is 10.1. The molecule has 4 fully saturated rings. The van der Waals surface area contributed by atoms with Gasteiger partial charge in [-0.1, -0.05) is 12.1 Å². The van der Waals surface area contributed by atoms with Crippen molar-refractivity contribution >= 4 is 11.7 Å². The molecule has 6 nitrogen and oxygen atoms in total. The Morgan fingerprint density at radius 3 is 2.75 bits per heavy atom. The number of rotatable bonds is 4. The Kier molecular flexibility index (Phi) is 4.23. The molecule has 5 heterocycles. The van der Waals surface area contributed by atoms with Crippen LogP contribution in [0.25, 0.3) is 0 Å². The molecule has 0 saturated carbocycles. The van der Waals surface area contributed by atoms with Gasteiger partial charge in [0.2, 0.25) is 0 Å². The smallest absolute Gasteiger partial charge is 0.252 e. The molecule has 146 valence electrons. The van der Waals surface area contributed by atoms with Crippen LogP contribution in [0.5, 0.6) is 5.75 Å². The number of hydrogen-bond donors (Lipinski definition) is 1. The number of nitrogens with two attached hydrogens (primary N) is 1. The molecule has 28 heavy (non-hydrogen) atoms. The predicted molar refractivity (Wildman–Crippen MR) is 108 cm³/mol. The monoisotopic (exact) mass is 378 g/mol. The van der Waals surface area contributed by atoms with E-state index in [1.165, 1.54) is 18.4 Å². The fourth-order valence-corrected chi connectivity index (χ4v) is 5.65. The Bertz CT molecular complexity index is 894. The highest BCUT2D eigenvalue weighted by molar-refractivity contribution is 5.97. The highest BCUT2D eigenvalue weighted by Gasteiger charge is 2.54. The molecule has 4 aliphatic rings. The summed E-state index contributed by atoms with van der Waals surface area (Å²) in [6, 6.07) is 12.8. The van der Waals surface area contributed by atoms with E-state index in [0.717, 1.165) is 31.2 Å². The molecule has 4 saturated heterocycles. The molecular formula is C22H26N4O2. The standard InChI is InChI=1S/C22H26N4O2/c1-28-16-5-2-4-15(12-16)18-13-26(22-17(21(23)27)6-3-9-24-22)19-14-7-10-25(11-8-14)20(18)19/h2-6,9,12,14,18-20H,7-8,10-11,13H2,1H3,(H2,23,27)/t18-,19-,20-/m0/s1. The minimum atomic E-state index is -0.411. The average molecular weight is 378 g/mol. The number of anilines is 1. The van der Waals surface area contributed by atoms with E-state index in [2.05, 4.69) is 33.0 Å². The Balaban J connectivity index is 1.59. The van der Waals surface area contributed by atoms with Crippen molar-refractivity contribution in [3.05, 3.63) is 53.7 Å². The van der Waals surface area contributed by atoms with E-state index in [0.29, 0.717) is 29.5 Å². The molecule has 4 aliphatic heterocycles. The number of pyridine rings is 1. The van der Waals surface area contributed by atoms with Crippen molar-refractivity contribution in [2.75, 3.05) is 31.6 Å². The molecule has 3 atom stereocenters. The van der Waals surface area contributed by atoms with E-state index >= 15 is 0 Å². The average Bonchev–Trinajstić information content (AvgIpc) is 3.17. The van der Waals surface area contributed by atoms with E-state index in [1.807, 2.05) is 6.07 Å². The van der Waals surface area contributed by atoms with Crippen LogP contribution < -0.4 is 15.4 Å². The molecule has 1 amide bonds. The van der Waals surface area contributed by atoms with Crippen LogP contribution in [0.15, 0.2) is 42.6 Å². The lowest BCUT2D eigenvalue weighted by Gasteiger charge is -2.51. The van der Waals surface area contributed by atoms with Gasteiger partial charge in [-0.15, -0.1) is 0 Å². The number of benzene rings is 1. The molecule has 1 aromatic carbocycles. The molecule has 0 radical (unpaired) electrons. The van der Waals surface area contributed by atoms with Crippen molar-refractivity contribution in [1.82, 2.24) is 9.88 Å². The highest BCUT2D eigenvalue weighted by atomic mass is 16.5. The van der Waals surface area contributed by atoms with Crippen LogP contribution >= 0.6 is 0 Å². The fourth-order valence-electron chi connectivity index (χ4n) is 5.65. The summed E-state index contributed by atoms with van der Waals surface area (Å²) < 4.78 is 5.47. The summed E-state index contributed by atoms with van der Waals surface area (Å²) in [5.74, 6) is 2.20. The van der Waals surface area contributed by atoms with Gasteiger partial charge in [-0.05, 0) is 61.7 Å². The van der Waals surface area contributed by atoms with Gasteiger partial charge in [0.25, 0.3) is 5.91 Å². The summed E-state index contributed by atoms with van der Waals surface area (Å²) in [4.78, 5) is 21.7. The fraction of sp³-hybridized carbons (Fsp3) is 0.455. The molecule has 0 unspecified atom stereocenters. The number of carbonyl (C=O) groups is 1. The largest absolute Gasteiger partial charge is 0.497 e. The number of methoxy groups -OCH3 is 1. The summed E-state index contributed by atoms with van der Waals surface area (Å²) in [7, 11) is 1.71. The van der Waals surface area contributed by atoms with E-state index < -0.39 is 5.91 Å². The molecule has 2 bridgehead atoms. The zero-order valence-electron chi connectivity index (χ0n) is 16.1. The SMILES string of the molecule is COc1cccc([C@@H]2CN(c3ncccc3C(N)=O)[C@H]3C4CCN(CC4)[C@@H]23)c1. The Hall–Kier alpha value is -2.60. The van der Waals surface area contributed by atoms with Gasteiger partial charge in [0.05, 0.1) is 12.7 Å². The van der Waals surface area contributed by atoms with Crippen molar-refractivity contribution < 1.29 is 9.53 Å². The molecule has 2 N–H and O–H groups in total. The maximum absolute atomic E-state index is 12.1. The first kappa shape index (κ1) is 17.5. The van der Waals surface area contributed by atoms with Crippen LogP contribution in [0.1, 0.15) is 34.7 Å². The number of fused-ring (bicyclic) bond motifs is 2. The lowest BCUT2D eigenvalue weighted by atomic mass is 9.75. The van der Waals surface area contributed by atoms with Crippen molar-refractivity contribution in [3.63, 3.8) is 0 Å². The first-order valence-corrected chi connectivity index (χ1v) is 10.1. The van der Waals surface area contributed by atoms with Gasteiger partial charge in [-0.3, -0.25) is 9.69 Å². The van der Waals surface area contributed by atoms with Crippen molar-refractivity contribution in [1.29, 1.82) is 0 Å². The number of amides is 1. The maximum Gasteiger partial charge on any atom is 0.252 e. The summed E-state index contributed by atoms with van der Waals surface area (Å²) in [5, 5.41) is 0. The van der Waals surface area contributed by atoms with Gasteiger partial charge >= 0.3 is 0 Å². The van der Waals surface area contributed by atoms with E-state index in [9.17, 15) is 4.79 Å². The number of piperidine rings is 3. The molecule has 2 aromatic rings. The first-order chi connectivity index (χ1) is 13.7. The summed E-state index contributed by atoms with van der Waals surface area (Å²) in [6.07, 6.45) is 4.18. The Morgan fingerprint density at radius 2 is 2.00 bits per heavy atom. The van der Waals surface area contributed by atoms with Gasteiger partial charge < -0.3 is 15.4 Å². The van der Waals surface area contributed by atoms with E-state index in [1.54, 1.807) is 25.4 Å². The maximum atomic E-state index is 12.1. The predicted octanol–water partition coefficient (Wildman–Crippen LogP) is 2.26. The van der Waals surface area contributed by atoms with Crippen LogP contribution in [-0.4, -0.2) is 54.6 Å². The third-order valence-electron chi connectivity index (χ3n) is 6.84. The number of aromatic nitrogens is 1. The number of hydrogen-bond acceptors (Lipinski definition) is 5. The quantitative estimate of drug-likeness (QED) is 0.884. The minimum absolute atomic E-state index is 0.353. The minimum Gasteiger partial charge on any atom is -0.497 e. The van der Waals surface area contributed by atoms with E-state index in [-0.39, 0.29) is 0 Å². The zero-order chi connectivity index (χ0) is 19.3. The number of primary amides is 1. The van der Waals surface area contributed by atoms with Gasteiger partial charge in [-0.25, -0.2) is 4.98 Å². The number of carbonyl (C=O) groups excluding carboxylic acids is 1. The molecule has 6 heteroatoms. The van der Waals surface area contributed by atoms with Crippen molar-refractivity contribution in [2.24, 2.45) is 11.7 Å². The topological polar surface area (TPSA) is 71.7 Å². The van der Waals surface area contributed by atoms with Crippen molar-refractivity contribution in [3.8, 4) is 5.75 Å². The number of ether oxygens (including phenoxy) is 1. The zero-order valence-corrected chi connectivity index (χ0v) is 16.1. The Morgan fingerprint density at radius 1 is 1.18 bits per heavy atom. The van der Waals surface area contributed by atoms with E-state index in [4.69, 9.17) is 10.5 Å². The number of nitrogens with zero attached hydrogens (tertiary/aromatic N) is 3. The molecular weight excluding hydrogens is 352 g/mol. The summed E-state index contributed by atoms with van der Waals surface area (Å²) in [5.41, 5.74) is 7.49. The summed E-state index contributed by atoms with van der Waals surface area (Å²) >= 11 is 0. The normalized spacial score (nSPS) is 30.9. The van der Waals surface area contributed by atoms with Gasteiger partial charge in [-0.2, -0.15) is 0 Å². The van der Waals surface area contributed by atoms with Crippen LogP contribution in [-0.2, 0) is 0 Å². The van der Waals surface area contributed by atoms with Gasteiger partial charge in [0.1, 0.15) is 11.6 Å². The molecule has 0 aliphatic carbocycles. The van der Waals surface area contributed by atoms with Crippen LogP contribution in [0.4, 0.5) is 5.82 Å². The second-order valence-electron chi connectivity index (χ2n) is 8.13. The van der Waals surface area contributed by atoms with Gasteiger partial charge in [0, 0.05) is 30.7 Å². The molecule has 6 rings (SSSR count). The second-order valence-corrected chi connectivity index (χ2v) is 8.13. The van der Waals surface area contributed by atoms with Crippen molar-refractivity contribution in [2.45, 2.75) is 30.8 Å². The lowest BCUT2D eigenvalue weighted by molar-refractivity contribution is 0.0354. The Labute approximate surface area is 165 Å². The molecule has 1 aromatic heterocycles.